The van der Waals surface area contributed by atoms with E-state index in [1.807, 2.05) is 18.2 Å². The van der Waals surface area contributed by atoms with Crippen LogP contribution in [0.15, 0.2) is 35.7 Å². The van der Waals surface area contributed by atoms with Crippen LogP contribution in [0.2, 0.25) is 5.02 Å². The number of hydrogen-bond donors (Lipinski definition) is 3. The third-order valence-corrected chi connectivity index (χ3v) is 4.77. The van der Waals surface area contributed by atoms with Crippen LogP contribution in [-0.2, 0) is 5.60 Å². The Morgan fingerprint density at radius 1 is 1.38 bits per heavy atom. The predicted octanol–water partition coefficient (Wildman–Crippen LogP) is 3.90. The highest BCUT2D eigenvalue weighted by Gasteiger charge is 2.25. The maximum atomic E-state index is 10.2. The summed E-state index contributed by atoms with van der Waals surface area (Å²) >= 11 is 6.52. The number of benzene rings is 1. The van der Waals surface area contributed by atoms with Gasteiger partial charge in [-0.2, -0.15) is 5.11 Å². The zero-order valence-electron chi connectivity index (χ0n) is 13.9. The van der Waals surface area contributed by atoms with E-state index in [9.17, 15) is 5.11 Å². The Hall–Kier alpha value is -1.82. The number of nitrogens with zero attached hydrogens (tertiary/aromatic N) is 2. The smallest absolute Gasteiger partial charge is 0.165 e. The van der Waals surface area contributed by atoms with E-state index in [0.717, 1.165) is 29.3 Å². The predicted molar refractivity (Wildman–Crippen MR) is 93.9 cm³/mol. The van der Waals surface area contributed by atoms with Crippen LogP contribution in [0.25, 0.3) is 11.1 Å². The molecule has 5 nitrogen and oxygen atoms in total. The number of pyridine rings is 1. The molecule has 0 radical (unpaired) electrons. The Balaban J connectivity index is 1.97. The molecule has 0 amide bonds. The molecular weight excluding hydrogens is 324 g/mol. The zero-order chi connectivity index (χ0) is 17.3. The summed E-state index contributed by atoms with van der Waals surface area (Å²) in [4.78, 5) is 4.21. The van der Waals surface area contributed by atoms with Crippen molar-refractivity contribution in [3.05, 3.63) is 41.2 Å². The van der Waals surface area contributed by atoms with Gasteiger partial charge in [-0.25, -0.2) is 5.53 Å². The minimum atomic E-state index is -0.976. The molecular formula is C18H22ClN4O+. The molecule has 0 spiro atoms. The summed E-state index contributed by atoms with van der Waals surface area (Å²) in [5.74, 6) is 0.773. The highest BCUT2D eigenvalue weighted by molar-refractivity contribution is 6.36. The van der Waals surface area contributed by atoms with Gasteiger partial charge >= 0.3 is 0 Å². The second-order valence-corrected chi connectivity index (χ2v) is 7.26. The summed E-state index contributed by atoms with van der Waals surface area (Å²) in [6.45, 7) is 4.44. The Bertz CT molecular complexity index is 766. The summed E-state index contributed by atoms with van der Waals surface area (Å²) < 4.78 is 0. The Labute approximate surface area is 146 Å². The first-order valence-electron chi connectivity index (χ1n) is 8.11. The van der Waals surface area contributed by atoms with E-state index in [1.54, 1.807) is 26.2 Å². The van der Waals surface area contributed by atoms with Gasteiger partial charge in [0.15, 0.2) is 11.4 Å². The molecule has 3 rings (SSSR count). The molecule has 6 heteroatoms. The van der Waals surface area contributed by atoms with Crippen molar-refractivity contribution in [3.8, 4) is 11.1 Å². The molecule has 0 bridgehead atoms. The van der Waals surface area contributed by atoms with Crippen LogP contribution in [0.5, 0.6) is 0 Å². The van der Waals surface area contributed by atoms with Crippen LogP contribution < -0.4 is 5.32 Å². The van der Waals surface area contributed by atoms with Gasteiger partial charge in [0.05, 0.1) is 17.2 Å². The van der Waals surface area contributed by atoms with Gasteiger partial charge in [-0.05, 0) is 38.8 Å². The normalized spacial score (nSPS) is 14.7. The van der Waals surface area contributed by atoms with Crippen molar-refractivity contribution in [1.29, 1.82) is 5.53 Å². The first-order chi connectivity index (χ1) is 11.4. The summed E-state index contributed by atoms with van der Waals surface area (Å²) in [5.41, 5.74) is 10.2. The van der Waals surface area contributed by atoms with E-state index in [2.05, 4.69) is 15.4 Å². The maximum absolute atomic E-state index is 10.2. The lowest BCUT2D eigenvalue weighted by Gasteiger charge is -2.18. The molecule has 1 aromatic carbocycles. The third kappa shape index (κ3) is 3.64. The molecule has 1 aliphatic carbocycles. The molecule has 4 N–H and O–H groups in total. The van der Waals surface area contributed by atoms with Gasteiger partial charge in [-0.15, -0.1) is 0 Å². The van der Waals surface area contributed by atoms with Gasteiger partial charge in [-0.3, -0.25) is 4.98 Å². The van der Waals surface area contributed by atoms with Crippen molar-refractivity contribution in [2.24, 2.45) is 11.0 Å². The fraction of sp³-hybridized carbons (Fsp3) is 0.389. The van der Waals surface area contributed by atoms with Gasteiger partial charge in [-0.1, -0.05) is 11.6 Å². The third-order valence-electron chi connectivity index (χ3n) is 4.38. The Morgan fingerprint density at radius 2 is 2.12 bits per heavy atom. The zero-order valence-corrected chi connectivity index (χ0v) is 14.6. The van der Waals surface area contributed by atoms with E-state index in [4.69, 9.17) is 17.1 Å². The van der Waals surface area contributed by atoms with E-state index in [-0.39, 0.29) is 0 Å². The van der Waals surface area contributed by atoms with Gasteiger partial charge in [0, 0.05) is 41.1 Å². The minimum absolute atomic E-state index is 0.448. The van der Waals surface area contributed by atoms with Crippen molar-refractivity contribution < 1.29 is 10.4 Å². The summed E-state index contributed by atoms with van der Waals surface area (Å²) in [6, 6.07) is 5.75. The van der Waals surface area contributed by atoms with E-state index in [0.29, 0.717) is 16.3 Å². The molecule has 2 aromatic rings. The summed E-state index contributed by atoms with van der Waals surface area (Å²) in [5, 5.41) is 16.4. The monoisotopic (exact) mass is 345 g/mol. The molecule has 1 aliphatic rings. The van der Waals surface area contributed by atoms with Gasteiger partial charge in [0.25, 0.3) is 0 Å². The molecule has 1 heterocycles. The van der Waals surface area contributed by atoms with Gasteiger partial charge < -0.3 is 10.4 Å². The van der Waals surface area contributed by atoms with Crippen molar-refractivity contribution in [3.63, 3.8) is 0 Å². The number of nitrogens with two attached hydrogens (primary N) is 1. The lowest BCUT2D eigenvalue weighted by atomic mass is 9.96. The molecule has 0 saturated heterocycles. The highest BCUT2D eigenvalue weighted by Crippen LogP contribution is 2.39. The first kappa shape index (κ1) is 17.0. The number of halogens is 1. The number of rotatable bonds is 6. The average molecular weight is 346 g/mol. The van der Waals surface area contributed by atoms with Crippen molar-refractivity contribution in [2.45, 2.75) is 32.3 Å². The van der Waals surface area contributed by atoms with Crippen LogP contribution in [-0.4, -0.2) is 16.6 Å². The molecule has 1 saturated carbocycles. The molecule has 0 aliphatic heterocycles. The number of aliphatic hydroxyl groups is 1. The van der Waals surface area contributed by atoms with Crippen LogP contribution >= 0.6 is 11.6 Å². The van der Waals surface area contributed by atoms with Crippen molar-refractivity contribution in [2.75, 3.05) is 6.54 Å². The molecule has 24 heavy (non-hydrogen) atoms. The van der Waals surface area contributed by atoms with Crippen molar-refractivity contribution in [1.82, 2.24) is 4.98 Å². The van der Waals surface area contributed by atoms with E-state index < -0.39 is 5.60 Å². The Kier molecular flexibility index (Phi) is 4.67. The second-order valence-electron chi connectivity index (χ2n) is 6.88. The quantitative estimate of drug-likeness (QED) is 0.548. The van der Waals surface area contributed by atoms with Crippen LogP contribution in [0.3, 0.4) is 0 Å². The fourth-order valence-corrected chi connectivity index (χ4v) is 2.97. The van der Waals surface area contributed by atoms with Crippen molar-refractivity contribution >= 4 is 23.0 Å². The molecule has 0 atom stereocenters. The van der Waals surface area contributed by atoms with Crippen LogP contribution in [0.1, 0.15) is 32.3 Å². The molecule has 126 valence electrons. The summed E-state index contributed by atoms with van der Waals surface area (Å²) in [7, 11) is 0. The second kappa shape index (κ2) is 6.59. The fourth-order valence-electron chi connectivity index (χ4n) is 2.65. The molecule has 1 fully saturated rings. The molecule has 1 aromatic heterocycles. The topological polar surface area (TPSA) is 85.9 Å². The standard InChI is InChI=1S/C18H21ClN4O/c1-18(2,24)13-7-12(9-21-10-13)14-5-6-15(17(23-20)16(14)19)22-8-11-3-4-11/h5-7,9-11,20,22,24H,3-4,8H2,1-2H3/p+1. The first-order valence-corrected chi connectivity index (χ1v) is 8.49. The average Bonchev–Trinajstić information content (AvgIpc) is 3.36. The van der Waals surface area contributed by atoms with Crippen LogP contribution in [0, 0.1) is 11.4 Å². The number of quaternary nitrogens is 1. The van der Waals surface area contributed by atoms with Crippen LogP contribution in [0.4, 0.5) is 11.4 Å². The summed E-state index contributed by atoms with van der Waals surface area (Å²) in [6.07, 6.45) is 5.92. The highest BCUT2D eigenvalue weighted by atomic mass is 35.5. The van der Waals surface area contributed by atoms with E-state index in [1.165, 1.54) is 12.8 Å². The largest absolute Gasteiger partial charge is 0.386 e. The van der Waals surface area contributed by atoms with Gasteiger partial charge in [0.2, 0.25) is 0 Å². The number of aromatic nitrogens is 1. The maximum Gasteiger partial charge on any atom is 0.165 e. The lowest BCUT2D eigenvalue weighted by molar-refractivity contribution is -0.574. The number of hydrogen-bond acceptors (Lipinski definition) is 4. The lowest BCUT2D eigenvalue weighted by Crippen LogP contribution is -2.78. The SMILES string of the molecule is CC(C)(O)c1cncc(-c2ccc([NH2+]CC3CC3)c(N=N)c2Cl)c1. The number of nitrogens with one attached hydrogen (secondary N) is 1. The molecule has 0 unspecified atom stereocenters. The van der Waals surface area contributed by atoms with E-state index >= 15 is 0 Å². The minimum Gasteiger partial charge on any atom is -0.386 e. The van der Waals surface area contributed by atoms with Gasteiger partial charge in [0.1, 0.15) is 0 Å². The Morgan fingerprint density at radius 3 is 2.75 bits per heavy atom.